The highest BCUT2D eigenvalue weighted by molar-refractivity contribution is 6.02. The van der Waals surface area contributed by atoms with Crippen molar-refractivity contribution in [1.29, 1.82) is 0 Å². The summed E-state index contributed by atoms with van der Waals surface area (Å²) in [7, 11) is 3.47. The maximum Gasteiger partial charge on any atom is 0.270 e. The lowest BCUT2D eigenvalue weighted by Crippen LogP contribution is -2.33. The molecule has 1 aromatic heterocycles. The molecule has 0 aliphatic carbocycles. The molecule has 2 aromatic rings. The van der Waals surface area contributed by atoms with Gasteiger partial charge in [0.25, 0.3) is 5.91 Å². The summed E-state index contributed by atoms with van der Waals surface area (Å²) in [6.07, 6.45) is 0.907. The van der Waals surface area contributed by atoms with Gasteiger partial charge >= 0.3 is 0 Å². The molecule has 1 aliphatic heterocycles. The molecular weight excluding hydrogens is 216 g/mol. The molecule has 4 heteroatoms. The first-order valence-electron chi connectivity index (χ1n) is 5.65. The molecule has 17 heavy (non-hydrogen) atoms. The first-order valence-corrected chi connectivity index (χ1v) is 5.65. The molecule has 0 atom stereocenters. The van der Waals surface area contributed by atoms with Gasteiger partial charge in [-0.2, -0.15) is 0 Å². The fraction of sp³-hybridized carbons (Fsp3) is 0.308. The first-order chi connectivity index (χ1) is 8.20. The van der Waals surface area contributed by atoms with Crippen LogP contribution >= 0.6 is 0 Å². The molecule has 88 valence electrons. The number of ether oxygens (including phenoxy) is 1. The highest BCUT2D eigenvalue weighted by Crippen LogP contribution is 2.29. The number of amides is 1. The smallest absolute Gasteiger partial charge is 0.270 e. The van der Waals surface area contributed by atoms with E-state index in [-0.39, 0.29) is 5.91 Å². The maximum atomic E-state index is 12.0. The van der Waals surface area contributed by atoms with E-state index in [0.29, 0.717) is 0 Å². The van der Waals surface area contributed by atoms with Crippen LogP contribution in [-0.2, 0) is 6.42 Å². The second kappa shape index (κ2) is 3.52. The summed E-state index contributed by atoms with van der Waals surface area (Å²) in [5.74, 6) is 0.873. The van der Waals surface area contributed by atoms with Crippen LogP contribution in [0.4, 0.5) is 0 Å². The summed E-state index contributed by atoms with van der Waals surface area (Å²) in [6, 6.07) is 5.88. The zero-order valence-electron chi connectivity index (χ0n) is 9.91. The van der Waals surface area contributed by atoms with E-state index in [1.807, 2.05) is 25.2 Å². The number of hydrogen-bond donors (Lipinski definition) is 1. The van der Waals surface area contributed by atoms with Crippen LogP contribution < -0.4 is 4.74 Å². The van der Waals surface area contributed by atoms with Crippen LogP contribution in [0.15, 0.2) is 18.2 Å². The largest absolute Gasteiger partial charge is 0.497 e. The fourth-order valence-electron chi connectivity index (χ4n) is 2.38. The van der Waals surface area contributed by atoms with Crippen LogP contribution in [0.25, 0.3) is 10.9 Å². The number of aromatic nitrogens is 1. The number of fused-ring (bicyclic) bond motifs is 3. The van der Waals surface area contributed by atoms with E-state index in [2.05, 4.69) is 4.98 Å². The van der Waals surface area contributed by atoms with Gasteiger partial charge in [0.1, 0.15) is 11.4 Å². The van der Waals surface area contributed by atoms with Crippen molar-refractivity contribution in [3.63, 3.8) is 0 Å². The molecule has 0 unspecified atom stereocenters. The summed E-state index contributed by atoms with van der Waals surface area (Å²) in [5, 5.41) is 1.13. The van der Waals surface area contributed by atoms with E-state index in [1.54, 1.807) is 12.0 Å². The van der Waals surface area contributed by atoms with Crippen molar-refractivity contribution in [3.8, 4) is 5.75 Å². The van der Waals surface area contributed by atoms with E-state index in [1.165, 1.54) is 0 Å². The van der Waals surface area contributed by atoms with Crippen molar-refractivity contribution in [2.45, 2.75) is 6.42 Å². The average molecular weight is 230 g/mol. The maximum absolute atomic E-state index is 12.0. The number of carbonyl (C=O) groups excluding carboxylic acids is 1. The number of H-pyrrole nitrogens is 1. The predicted molar refractivity (Wildman–Crippen MR) is 65.5 cm³/mol. The molecule has 2 heterocycles. The molecule has 1 N–H and O–H groups in total. The predicted octanol–water partition coefficient (Wildman–Crippen LogP) is 1.80. The van der Waals surface area contributed by atoms with E-state index in [0.717, 1.165) is 40.9 Å². The first kappa shape index (κ1) is 10.2. The topological polar surface area (TPSA) is 45.3 Å². The molecule has 0 spiro atoms. The van der Waals surface area contributed by atoms with Crippen LogP contribution in [0.5, 0.6) is 5.75 Å². The summed E-state index contributed by atoms with van der Waals surface area (Å²) >= 11 is 0. The number of carbonyl (C=O) groups is 1. The van der Waals surface area contributed by atoms with Crippen molar-refractivity contribution >= 4 is 16.8 Å². The number of likely N-dealkylation sites (N-methyl/N-ethyl adjacent to an activating group) is 1. The van der Waals surface area contributed by atoms with Crippen molar-refractivity contribution in [3.05, 3.63) is 29.5 Å². The molecular formula is C13H14N2O2. The second-order valence-corrected chi connectivity index (χ2v) is 4.37. The SMILES string of the molecule is COc1ccc2c3c([nH]c2c1)C(=O)N(C)CC3. The van der Waals surface area contributed by atoms with Gasteiger partial charge in [-0.3, -0.25) is 4.79 Å². The third-order valence-electron chi connectivity index (χ3n) is 3.37. The number of methoxy groups -OCH3 is 1. The molecule has 1 amide bonds. The van der Waals surface area contributed by atoms with E-state index in [4.69, 9.17) is 4.74 Å². The lowest BCUT2D eigenvalue weighted by atomic mass is 10.0. The van der Waals surface area contributed by atoms with Crippen LogP contribution in [0.2, 0.25) is 0 Å². The Labute approximate surface area is 99.2 Å². The van der Waals surface area contributed by atoms with Gasteiger partial charge in [0, 0.05) is 30.6 Å². The summed E-state index contributed by atoms with van der Waals surface area (Å²) in [6.45, 7) is 0.783. The number of nitrogens with zero attached hydrogens (tertiary/aromatic N) is 1. The summed E-state index contributed by atoms with van der Waals surface area (Å²) in [5.41, 5.74) is 2.82. The van der Waals surface area contributed by atoms with Crippen LogP contribution in [0.3, 0.4) is 0 Å². The van der Waals surface area contributed by atoms with Gasteiger partial charge in [-0.05, 0) is 24.1 Å². The van der Waals surface area contributed by atoms with Crippen molar-refractivity contribution in [1.82, 2.24) is 9.88 Å². The fourth-order valence-corrected chi connectivity index (χ4v) is 2.38. The minimum atomic E-state index is 0.0708. The number of aromatic amines is 1. The zero-order chi connectivity index (χ0) is 12.0. The van der Waals surface area contributed by atoms with Crippen LogP contribution in [-0.4, -0.2) is 36.5 Å². The third kappa shape index (κ3) is 1.40. The normalized spacial score (nSPS) is 15.2. The van der Waals surface area contributed by atoms with Gasteiger partial charge in [-0.15, -0.1) is 0 Å². The minimum Gasteiger partial charge on any atom is -0.497 e. The molecule has 1 aromatic carbocycles. The average Bonchev–Trinajstić information content (AvgIpc) is 2.72. The highest BCUT2D eigenvalue weighted by Gasteiger charge is 2.25. The number of rotatable bonds is 1. The standard InChI is InChI=1S/C13H14N2O2/c1-15-6-5-10-9-4-3-8(17-2)7-11(9)14-12(10)13(15)16/h3-4,7,14H,5-6H2,1-2H3. The van der Waals surface area contributed by atoms with Crippen molar-refractivity contribution < 1.29 is 9.53 Å². The Kier molecular flexibility index (Phi) is 2.11. The molecule has 0 saturated carbocycles. The molecule has 0 radical (unpaired) electrons. The quantitative estimate of drug-likeness (QED) is 0.812. The van der Waals surface area contributed by atoms with Gasteiger partial charge in [-0.25, -0.2) is 0 Å². The molecule has 0 bridgehead atoms. The van der Waals surface area contributed by atoms with E-state index >= 15 is 0 Å². The van der Waals surface area contributed by atoms with Crippen LogP contribution in [0, 0.1) is 0 Å². The van der Waals surface area contributed by atoms with Crippen molar-refractivity contribution in [2.24, 2.45) is 0 Å². The summed E-state index contributed by atoms with van der Waals surface area (Å²) in [4.78, 5) is 16.9. The lowest BCUT2D eigenvalue weighted by Gasteiger charge is -2.22. The monoisotopic (exact) mass is 230 g/mol. The van der Waals surface area contributed by atoms with Gasteiger partial charge in [0.05, 0.1) is 7.11 Å². The Hall–Kier alpha value is -1.97. The zero-order valence-corrected chi connectivity index (χ0v) is 9.91. The number of benzene rings is 1. The molecule has 1 aliphatic rings. The van der Waals surface area contributed by atoms with Gasteiger partial charge in [0.2, 0.25) is 0 Å². The van der Waals surface area contributed by atoms with Crippen molar-refractivity contribution in [2.75, 3.05) is 20.7 Å². The minimum absolute atomic E-state index is 0.0708. The third-order valence-corrected chi connectivity index (χ3v) is 3.37. The number of nitrogens with one attached hydrogen (secondary N) is 1. The second-order valence-electron chi connectivity index (χ2n) is 4.37. The Bertz CT molecular complexity index is 601. The number of hydrogen-bond acceptors (Lipinski definition) is 2. The Morgan fingerprint density at radius 1 is 1.41 bits per heavy atom. The Balaban J connectivity index is 2.23. The lowest BCUT2D eigenvalue weighted by molar-refractivity contribution is 0.0776. The van der Waals surface area contributed by atoms with Crippen LogP contribution in [0.1, 0.15) is 16.1 Å². The van der Waals surface area contributed by atoms with Gasteiger partial charge in [0.15, 0.2) is 0 Å². The van der Waals surface area contributed by atoms with E-state index < -0.39 is 0 Å². The summed E-state index contributed by atoms with van der Waals surface area (Å²) < 4.78 is 5.19. The molecule has 3 rings (SSSR count). The van der Waals surface area contributed by atoms with E-state index in [9.17, 15) is 4.79 Å². The Morgan fingerprint density at radius 2 is 2.24 bits per heavy atom. The Morgan fingerprint density at radius 3 is 3.00 bits per heavy atom. The molecule has 4 nitrogen and oxygen atoms in total. The van der Waals surface area contributed by atoms with Gasteiger partial charge in [-0.1, -0.05) is 0 Å². The highest BCUT2D eigenvalue weighted by atomic mass is 16.5. The molecule has 0 saturated heterocycles. The molecule has 0 fully saturated rings. The van der Waals surface area contributed by atoms with Gasteiger partial charge < -0.3 is 14.6 Å².